The molecule has 2 N–H and O–H groups in total. The Morgan fingerprint density at radius 2 is 2.18 bits per heavy atom. The summed E-state index contributed by atoms with van der Waals surface area (Å²) in [6, 6.07) is 7.64. The summed E-state index contributed by atoms with van der Waals surface area (Å²) in [4.78, 5) is 12.6. The van der Waals surface area contributed by atoms with Crippen LogP contribution in [-0.4, -0.2) is 27.7 Å². The zero-order valence-corrected chi connectivity index (χ0v) is 13.6. The number of rotatable bonds is 4. The molecule has 0 bridgehead atoms. The molecule has 1 fully saturated rings. The third-order valence-electron chi connectivity index (χ3n) is 4.72. The molecule has 1 amide bonds. The molecule has 1 aliphatic rings. The molecular formula is C17H21ClN2O2. The summed E-state index contributed by atoms with van der Waals surface area (Å²) in [6.45, 7) is 2.07. The lowest BCUT2D eigenvalue weighted by atomic mass is 9.76. The van der Waals surface area contributed by atoms with Crippen LogP contribution in [0.1, 0.15) is 36.7 Å². The van der Waals surface area contributed by atoms with Crippen molar-refractivity contribution >= 4 is 28.4 Å². The molecule has 0 saturated heterocycles. The van der Waals surface area contributed by atoms with E-state index in [1.54, 1.807) is 0 Å². The number of aryl methyl sites for hydroxylation is 1. The molecule has 5 heteroatoms. The van der Waals surface area contributed by atoms with Gasteiger partial charge in [0, 0.05) is 29.0 Å². The molecule has 1 aliphatic carbocycles. The number of hydrogen-bond acceptors (Lipinski definition) is 2. The molecule has 0 aliphatic heterocycles. The Hall–Kier alpha value is -1.52. The molecule has 2 aromatic rings. The van der Waals surface area contributed by atoms with Gasteiger partial charge in [0.05, 0.1) is 6.10 Å². The number of carbonyl (C=O) groups excluding carboxylic acids is 1. The van der Waals surface area contributed by atoms with E-state index in [-0.39, 0.29) is 18.1 Å². The lowest BCUT2D eigenvalue weighted by Gasteiger charge is -2.37. The second-order valence-electron chi connectivity index (χ2n) is 6.17. The normalized spacial score (nSPS) is 22.4. The van der Waals surface area contributed by atoms with Gasteiger partial charge in [-0.15, -0.1) is 0 Å². The number of nitrogens with one attached hydrogen (secondary N) is 1. The van der Waals surface area contributed by atoms with Gasteiger partial charge in [-0.3, -0.25) is 4.79 Å². The Balaban J connectivity index is 1.81. The van der Waals surface area contributed by atoms with E-state index in [1.807, 2.05) is 35.9 Å². The lowest BCUT2D eigenvalue weighted by Crippen LogP contribution is -2.47. The van der Waals surface area contributed by atoms with Crippen molar-refractivity contribution in [3.05, 3.63) is 35.0 Å². The summed E-state index contributed by atoms with van der Waals surface area (Å²) in [5, 5.41) is 14.2. The van der Waals surface area contributed by atoms with Gasteiger partial charge in [-0.25, -0.2) is 0 Å². The topological polar surface area (TPSA) is 54.3 Å². The number of benzene rings is 1. The molecule has 1 saturated carbocycles. The monoisotopic (exact) mass is 320 g/mol. The van der Waals surface area contributed by atoms with Crippen molar-refractivity contribution in [1.82, 2.24) is 9.88 Å². The fourth-order valence-electron chi connectivity index (χ4n) is 3.28. The number of aliphatic hydroxyl groups is 1. The number of amides is 1. The number of fused-ring (bicyclic) bond motifs is 1. The molecule has 3 rings (SSSR count). The summed E-state index contributed by atoms with van der Waals surface area (Å²) < 4.78 is 1.87. The van der Waals surface area contributed by atoms with Crippen LogP contribution in [0.5, 0.6) is 0 Å². The van der Waals surface area contributed by atoms with Crippen molar-refractivity contribution in [1.29, 1.82) is 0 Å². The number of carbonyl (C=O) groups is 1. The van der Waals surface area contributed by atoms with Gasteiger partial charge in [0.1, 0.15) is 5.69 Å². The van der Waals surface area contributed by atoms with Crippen LogP contribution >= 0.6 is 11.6 Å². The molecule has 4 nitrogen and oxygen atoms in total. The van der Waals surface area contributed by atoms with E-state index in [4.69, 9.17) is 11.6 Å². The molecule has 0 radical (unpaired) electrons. The third kappa shape index (κ3) is 2.73. The predicted molar refractivity (Wildman–Crippen MR) is 88.2 cm³/mol. The van der Waals surface area contributed by atoms with Crippen molar-refractivity contribution in [3.63, 3.8) is 0 Å². The first-order valence-electron chi connectivity index (χ1n) is 7.73. The third-order valence-corrected chi connectivity index (χ3v) is 4.95. The van der Waals surface area contributed by atoms with E-state index in [0.717, 1.165) is 30.2 Å². The number of nitrogens with zero attached hydrogens (tertiary/aromatic N) is 1. The Morgan fingerprint density at radius 3 is 2.82 bits per heavy atom. The fourth-order valence-corrected chi connectivity index (χ4v) is 3.44. The minimum Gasteiger partial charge on any atom is -0.393 e. The maximum absolute atomic E-state index is 12.6. The van der Waals surface area contributed by atoms with Gasteiger partial charge in [-0.1, -0.05) is 24.6 Å². The average Bonchev–Trinajstić information content (AvgIpc) is 2.79. The molecule has 22 heavy (non-hydrogen) atoms. The maximum Gasteiger partial charge on any atom is 0.268 e. The van der Waals surface area contributed by atoms with Crippen LogP contribution in [-0.2, 0) is 7.05 Å². The van der Waals surface area contributed by atoms with Crippen molar-refractivity contribution < 1.29 is 9.90 Å². The minimum atomic E-state index is -0.198. The van der Waals surface area contributed by atoms with Crippen LogP contribution < -0.4 is 5.32 Å². The molecule has 1 unspecified atom stereocenters. The summed E-state index contributed by atoms with van der Waals surface area (Å²) >= 11 is 6.03. The van der Waals surface area contributed by atoms with Crippen LogP contribution in [0.15, 0.2) is 24.3 Å². The molecule has 1 aromatic carbocycles. The predicted octanol–water partition coefficient (Wildman–Crippen LogP) is 3.11. The highest BCUT2D eigenvalue weighted by Gasteiger charge is 2.34. The van der Waals surface area contributed by atoms with E-state index >= 15 is 0 Å². The Labute approximate surface area is 135 Å². The van der Waals surface area contributed by atoms with Crippen molar-refractivity contribution in [2.24, 2.45) is 13.0 Å². The zero-order chi connectivity index (χ0) is 15.9. The Morgan fingerprint density at radius 1 is 1.45 bits per heavy atom. The molecule has 1 atom stereocenters. The molecular weight excluding hydrogens is 300 g/mol. The summed E-state index contributed by atoms with van der Waals surface area (Å²) in [5.74, 6) is 0.316. The number of hydrogen-bond donors (Lipinski definition) is 2. The van der Waals surface area contributed by atoms with Crippen LogP contribution in [0.2, 0.25) is 5.02 Å². The maximum atomic E-state index is 12.6. The van der Waals surface area contributed by atoms with E-state index in [2.05, 4.69) is 12.2 Å². The van der Waals surface area contributed by atoms with E-state index in [9.17, 15) is 9.90 Å². The second-order valence-corrected chi connectivity index (χ2v) is 6.60. The largest absolute Gasteiger partial charge is 0.393 e. The zero-order valence-electron chi connectivity index (χ0n) is 12.8. The highest BCUT2D eigenvalue weighted by atomic mass is 35.5. The molecule has 0 spiro atoms. The van der Waals surface area contributed by atoms with Crippen molar-refractivity contribution in [3.8, 4) is 0 Å². The van der Waals surface area contributed by atoms with Gasteiger partial charge in [0.25, 0.3) is 5.91 Å². The van der Waals surface area contributed by atoms with E-state index in [0.29, 0.717) is 16.6 Å². The first-order valence-corrected chi connectivity index (χ1v) is 8.11. The van der Waals surface area contributed by atoms with Crippen molar-refractivity contribution in [2.45, 2.75) is 38.3 Å². The molecule has 1 heterocycles. The van der Waals surface area contributed by atoms with Crippen LogP contribution in [0.25, 0.3) is 10.9 Å². The van der Waals surface area contributed by atoms with Crippen LogP contribution in [0.4, 0.5) is 0 Å². The van der Waals surface area contributed by atoms with Gasteiger partial charge in [0.15, 0.2) is 0 Å². The fraction of sp³-hybridized carbons (Fsp3) is 0.471. The van der Waals surface area contributed by atoms with Gasteiger partial charge in [0.2, 0.25) is 0 Å². The first-order chi connectivity index (χ1) is 10.5. The van der Waals surface area contributed by atoms with Crippen LogP contribution in [0.3, 0.4) is 0 Å². The van der Waals surface area contributed by atoms with Gasteiger partial charge in [-0.2, -0.15) is 0 Å². The Kier molecular flexibility index (Phi) is 4.15. The number of halogens is 1. The number of aromatic nitrogens is 1. The van der Waals surface area contributed by atoms with E-state index < -0.39 is 0 Å². The number of aliphatic hydroxyl groups excluding tert-OH is 1. The quantitative estimate of drug-likeness (QED) is 0.909. The van der Waals surface area contributed by atoms with Gasteiger partial charge in [-0.05, 0) is 43.4 Å². The summed E-state index contributed by atoms with van der Waals surface area (Å²) in [5.41, 5.74) is 1.58. The van der Waals surface area contributed by atoms with Gasteiger partial charge < -0.3 is 15.0 Å². The second kappa shape index (κ2) is 5.94. The SMILES string of the molecule is CCC(NC(=O)c1cc2ccc(Cl)cc2n1C)C1CC(O)C1. The van der Waals surface area contributed by atoms with Crippen molar-refractivity contribution in [2.75, 3.05) is 0 Å². The molecule has 118 valence electrons. The minimum absolute atomic E-state index is 0.0666. The van der Waals surface area contributed by atoms with E-state index in [1.165, 1.54) is 0 Å². The standard InChI is InChI=1S/C17H21ClN2O2/c1-3-14(11-6-13(21)7-11)19-17(22)16-8-10-4-5-12(18)9-15(10)20(16)2/h4-5,8-9,11,13-14,21H,3,6-7H2,1-2H3,(H,19,22). The Bertz CT molecular complexity index is 704. The highest BCUT2D eigenvalue weighted by molar-refractivity contribution is 6.31. The molecule has 1 aromatic heterocycles. The summed E-state index contributed by atoms with van der Waals surface area (Å²) in [7, 11) is 1.88. The smallest absolute Gasteiger partial charge is 0.268 e. The van der Waals surface area contributed by atoms with Crippen LogP contribution in [0, 0.1) is 5.92 Å². The lowest BCUT2D eigenvalue weighted by molar-refractivity contribution is 0.0232. The first kappa shape index (κ1) is 15.4. The average molecular weight is 321 g/mol. The summed E-state index contributed by atoms with van der Waals surface area (Å²) in [6.07, 6.45) is 2.24. The van der Waals surface area contributed by atoms with Gasteiger partial charge >= 0.3 is 0 Å². The highest BCUT2D eigenvalue weighted by Crippen LogP contribution is 2.31.